The number of methoxy groups -OCH3 is 2. The van der Waals surface area contributed by atoms with Crippen molar-refractivity contribution in [1.82, 2.24) is 0 Å². The highest BCUT2D eigenvalue weighted by atomic mass is 16.5. The number of carbonyl (C=O) groups is 4. The van der Waals surface area contributed by atoms with Gasteiger partial charge in [0.1, 0.15) is 0 Å². The maximum atomic E-state index is 12.3. The summed E-state index contributed by atoms with van der Waals surface area (Å²) in [5, 5.41) is 2.45. The normalized spacial score (nSPS) is 10.0. The summed E-state index contributed by atoms with van der Waals surface area (Å²) in [5.41, 5.74) is 1.27. The molecular weight excluding hydrogens is 392 g/mol. The van der Waals surface area contributed by atoms with Crippen molar-refractivity contribution in [2.75, 3.05) is 45.1 Å². The van der Waals surface area contributed by atoms with Crippen LogP contribution in [0, 0.1) is 0 Å². The minimum atomic E-state index is -0.709. The van der Waals surface area contributed by atoms with Gasteiger partial charge in [0.25, 0.3) is 5.91 Å². The van der Waals surface area contributed by atoms with Crippen molar-refractivity contribution in [1.29, 1.82) is 0 Å². The number of nitrogens with zero attached hydrogens (tertiary/aromatic N) is 1. The zero-order valence-electron chi connectivity index (χ0n) is 17.1. The minimum absolute atomic E-state index is 0.0282. The minimum Gasteiger partial charge on any atom is -0.465 e. The van der Waals surface area contributed by atoms with Crippen LogP contribution in [0.3, 0.4) is 0 Å². The van der Waals surface area contributed by atoms with Gasteiger partial charge in [0.05, 0.1) is 36.6 Å². The maximum Gasteiger partial charge on any atom is 0.339 e. The van der Waals surface area contributed by atoms with E-state index >= 15 is 0 Å². The summed E-state index contributed by atoms with van der Waals surface area (Å²) in [4.78, 5) is 50.0. The van der Waals surface area contributed by atoms with Crippen molar-refractivity contribution in [3.05, 3.63) is 59.2 Å². The van der Waals surface area contributed by atoms with Gasteiger partial charge >= 0.3 is 17.9 Å². The van der Waals surface area contributed by atoms with Gasteiger partial charge in [-0.1, -0.05) is 6.07 Å². The van der Waals surface area contributed by atoms with Gasteiger partial charge < -0.3 is 24.4 Å². The second-order valence-corrected chi connectivity index (χ2v) is 6.31. The second-order valence-electron chi connectivity index (χ2n) is 6.31. The molecule has 0 bridgehead atoms. The third-order valence-electron chi connectivity index (χ3n) is 4.05. The Morgan fingerprint density at radius 3 is 2.17 bits per heavy atom. The molecule has 0 heterocycles. The molecule has 2 aromatic carbocycles. The molecule has 0 radical (unpaired) electrons. The van der Waals surface area contributed by atoms with Crippen molar-refractivity contribution in [2.24, 2.45) is 0 Å². The molecule has 1 N–H and O–H groups in total. The van der Waals surface area contributed by atoms with Gasteiger partial charge in [0.15, 0.2) is 6.61 Å². The van der Waals surface area contributed by atoms with Gasteiger partial charge in [0.2, 0.25) is 0 Å². The molecule has 0 saturated heterocycles. The number of carbonyl (C=O) groups excluding carboxylic acids is 4. The lowest BCUT2D eigenvalue weighted by atomic mass is 10.1. The predicted octanol–water partition coefficient (Wildman–Crippen LogP) is 2.12. The van der Waals surface area contributed by atoms with Crippen molar-refractivity contribution >= 4 is 35.2 Å². The number of hydrogen-bond acceptors (Lipinski definition) is 8. The number of benzene rings is 2. The molecule has 1 amide bonds. The van der Waals surface area contributed by atoms with E-state index in [1.807, 2.05) is 25.1 Å². The van der Waals surface area contributed by atoms with E-state index in [0.717, 1.165) is 5.69 Å². The third-order valence-corrected chi connectivity index (χ3v) is 4.05. The van der Waals surface area contributed by atoms with Crippen molar-refractivity contribution in [3.63, 3.8) is 0 Å². The standard InChI is InChI=1S/C21H22N2O7/c1-23(2)15-7-5-6-13(10-15)20(26)30-12-18(24)22-17-11-14(19(25)28-3)8-9-16(17)21(27)29-4/h5-11H,12H2,1-4H3,(H,22,24). The molecular formula is C21H22N2O7. The third kappa shape index (κ3) is 5.57. The largest absolute Gasteiger partial charge is 0.465 e. The van der Waals surface area contributed by atoms with Crippen LogP contribution in [-0.2, 0) is 19.0 Å². The number of amides is 1. The summed E-state index contributed by atoms with van der Waals surface area (Å²) in [7, 11) is 6.06. The Hall–Kier alpha value is -3.88. The summed E-state index contributed by atoms with van der Waals surface area (Å²) in [6.45, 7) is -0.589. The fourth-order valence-corrected chi connectivity index (χ4v) is 2.49. The lowest BCUT2D eigenvalue weighted by molar-refractivity contribution is -0.119. The molecule has 30 heavy (non-hydrogen) atoms. The first-order chi connectivity index (χ1) is 14.3. The highest BCUT2D eigenvalue weighted by Gasteiger charge is 2.18. The van der Waals surface area contributed by atoms with Crippen LogP contribution < -0.4 is 10.2 Å². The molecule has 0 aromatic heterocycles. The molecule has 2 rings (SSSR count). The first-order valence-corrected chi connectivity index (χ1v) is 8.82. The van der Waals surface area contributed by atoms with Gasteiger partial charge in [-0.15, -0.1) is 0 Å². The molecule has 0 fully saturated rings. The average Bonchev–Trinajstić information content (AvgIpc) is 2.76. The number of anilines is 2. The molecule has 0 saturated carbocycles. The van der Waals surface area contributed by atoms with E-state index in [1.165, 1.54) is 32.4 Å². The molecule has 158 valence electrons. The topological polar surface area (TPSA) is 111 Å². The van der Waals surface area contributed by atoms with Crippen LogP contribution in [0.2, 0.25) is 0 Å². The molecule has 9 heteroatoms. The van der Waals surface area contributed by atoms with E-state index in [1.54, 1.807) is 18.2 Å². The molecule has 0 aliphatic rings. The van der Waals surface area contributed by atoms with Crippen LogP contribution in [0.25, 0.3) is 0 Å². The van der Waals surface area contributed by atoms with Crippen molar-refractivity contribution < 1.29 is 33.4 Å². The maximum absolute atomic E-state index is 12.3. The average molecular weight is 414 g/mol. The molecule has 0 atom stereocenters. The van der Waals surface area contributed by atoms with Crippen LogP contribution in [0.15, 0.2) is 42.5 Å². The Balaban J connectivity index is 2.11. The highest BCUT2D eigenvalue weighted by Crippen LogP contribution is 2.20. The van der Waals surface area contributed by atoms with Gasteiger partial charge in [-0.3, -0.25) is 4.79 Å². The molecule has 0 unspecified atom stereocenters. The van der Waals surface area contributed by atoms with Gasteiger partial charge in [-0.05, 0) is 36.4 Å². The second kappa shape index (κ2) is 10.1. The van der Waals surface area contributed by atoms with Crippen LogP contribution in [0.4, 0.5) is 11.4 Å². The first kappa shape index (κ1) is 22.4. The lowest BCUT2D eigenvalue weighted by Gasteiger charge is -2.13. The Kier molecular flexibility index (Phi) is 7.51. The quantitative estimate of drug-likeness (QED) is 0.542. The van der Waals surface area contributed by atoms with Gasteiger partial charge in [-0.2, -0.15) is 0 Å². The van der Waals surface area contributed by atoms with Crippen LogP contribution in [0.1, 0.15) is 31.1 Å². The van der Waals surface area contributed by atoms with Gasteiger partial charge in [0, 0.05) is 19.8 Å². The van der Waals surface area contributed by atoms with E-state index in [-0.39, 0.29) is 22.4 Å². The number of nitrogens with one attached hydrogen (secondary N) is 1. The number of rotatable bonds is 7. The van der Waals surface area contributed by atoms with Crippen molar-refractivity contribution in [2.45, 2.75) is 0 Å². The van der Waals surface area contributed by atoms with Crippen LogP contribution >= 0.6 is 0 Å². The Bertz CT molecular complexity index is 970. The van der Waals surface area contributed by atoms with Crippen molar-refractivity contribution in [3.8, 4) is 0 Å². The summed E-state index contributed by atoms with van der Waals surface area (Å²) >= 11 is 0. The SMILES string of the molecule is COC(=O)c1ccc(C(=O)OC)c(NC(=O)COC(=O)c2cccc(N(C)C)c2)c1. The summed E-state index contributed by atoms with van der Waals surface area (Å²) in [6.07, 6.45) is 0. The molecule has 9 nitrogen and oxygen atoms in total. The number of ether oxygens (including phenoxy) is 3. The zero-order chi connectivity index (χ0) is 22.3. The van der Waals surface area contributed by atoms with Crippen LogP contribution in [-0.4, -0.2) is 58.7 Å². The smallest absolute Gasteiger partial charge is 0.339 e. The molecule has 0 aliphatic heterocycles. The predicted molar refractivity (Wildman–Crippen MR) is 109 cm³/mol. The van der Waals surface area contributed by atoms with E-state index in [9.17, 15) is 19.2 Å². The monoisotopic (exact) mass is 414 g/mol. The van der Waals surface area contributed by atoms with Gasteiger partial charge in [-0.25, -0.2) is 14.4 Å². The van der Waals surface area contributed by atoms with E-state index in [2.05, 4.69) is 14.8 Å². The Morgan fingerprint density at radius 1 is 0.867 bits per heavy atom. The summed E-state index contributed by atoms with van der Waals surface area (Å²) < 4.78 is 14.4. The zero-order valence-corrected chi connectivity index (χ0v) is 17.1. The van der Waals surface area contributed by atoms with E-state index < -0.39 is 30.4 Å². The van der Waals surface area contributed by atoms with E-state index in [4.69, 9.17) is 4.74 Å². The Labute approximate surface area is 173 Å². The fourth-order valence-electron chi connectivity index (χ4n) is 2.49. The Morgan fingerprint density at radius 2 is 1.53 bits per heavy atom. The first-order valence-electron chi connectivity index (χ1n) is 8.82. The number of hydrogen-bond donors (Lipinski definition) is 1. The summed E-state index contributed by atoms with van der Waals surface area (Å²) in [5.74, 6) is -2.72. The molecule has 0 aliphatic carbocycles. The molecule has 2 aromatic rings. The fraction of sp³-hybridized carbons (Fsp3) is 0.238. The number of esters is 3. The summed E-state index contributed by atoms with van der Waals surface area (Å²) in [6, 6.07) is 10.7. The van der Waals surface area contributed by atoms with E-state index in [0.29, 0.717) is 0 Å². The van der Waals surface area contributed by atoms with Crippen LogP contribution in [0.5, 0.6) is 0 Å². The molecule has 0 spiro atoms. The lowest BCUT2D eigenvalue weighted by Crippen LogP contribution is -2.23. The highest BCUT2D eigenvalue weighted by molar-refractivity contribution is 6.04.